The van der Waals surface area contributed by atoms with Crippen LogP contribution >= 0.6 is 0 Å². The van der Waals surface area contributed by atoms with Crippen molar-refractivity contribution in [3.05, 3.63) is 199 Å². The van der Waals surface area contributed by atoms with E-state index in [0.717, 1.165) is 16.7 Å². The molecule has 0 radical (unpaired) electrons. The van der Waals surface area contributed by atoms with Gasteiger partial charge in [0.2, 0.25) is 0 Å². The first-order valence-corrected chi connectivity index (χ1v) is 21.6. The van der Waals surface area contributed by atoms with Crippen LogP contribution in [0, 0.1) is 24.4 Å². The smallest absolute Gasteiger partial charge is 0.268 e. The molecule has 0 saturated carbocycles. The minimum Gasteiger partial charge on any atom is -0.510 e. The standard InChI is InChI=1S/C60H54N4O.Pt/c1-40(2)32-41-30-31-61-57(33-41)64-53-25-13-12-22-51(53)52-29-28-48(38-56(52)64)65-47-21-16-20-46(37-47)62-39-63(55-27-15-14-26-54(55)62)58-49(42-18-10-9-11-19-42)23-17-24-50(58)43-34-44(59(3,4)5)36-45(35-43)60(6,7)8;/h9-31,33-36,40H,32H2,1-8H3;/q-2;/i9D,10D,11D,12D,13D,18D,19D,22D,25D,28D,29D,32D2;. The number of hydrogen-bond donors (Lipinski definition) is 0. The molecule has 0 unspecified atom stereocenters. The van der Waals surface area contributed by atoms with Crippen molar-refractivity contribution in [2.75, 3.05) is 0 Å². The average Bonchev–Trinajstić information content (AvgIpc) is 4.22. The summed E-state index contributed by atoms with van der Waals surface area (Å²) < 4.78 is 127. The maximum absolute atomic E-state index is 9.39. The molecule has 6 heteroatoms. The van der Waals surface area contributed by atoms with Crippen LogP contribution in [-0.2, 0) is 38.3 Å². The first kappa shape index (κ1) is 31.4. The Morgan fingerprint density at radius 3 is 2.12 bits per heavy atom. The number of aromatic nitrogens is 4. The van der Waals surface area contributed by atoms with Gasteiger partial charge in [-0.15, -0.1) is 29.6 Å². The Balaban J connectivity index is 0.00000757. The molecule has 10 rings (SSSR count). The molecule has 0 aliphatic heterocycles. The van der Waals surface area contributed by atoms with Gasteiger partial charge in [0.15, 0.2) is 0 Å². The molecule has 7 aromatic carbocycles. The molecule has 0 saturated heterocycles. The van der Waals surface area contributed by atoms with Gasteiger partial charge in [-0.2, -0.15) is 18.2 Å². The predicted molar refractivity (Wildman–Crippen MR) is 267 cm³/mol. The summed E-state index contributed by atoms with van der Waals surface area (Å²) >= 11 is 0. The van der Waals surface area contributed by atoms with E-state index in [2.05, 4.69) is 83.2 Å². The van der Waals surface area contributed by atoms with Crippen LogP contribution < -0.4 is 9.30 Å². The Morgan fingerprint density at radius 1 is 0.682 bits per heavy atom. The van der Waals surface area contributed by atoms with E-state index < -0.39 is 66.7 Å². The Morgan fingerprint density at radius 2 is 1.38 bits per heavy atom. The summed E-state index contributed by atoms with van der Waals surface area (Å²) in [5, 5.41) is -0.0201. The van der Waals surface area contributed by atoms with E-state index in [1.165, 1.54) is 16.8 Å². The normalized spacial score (nSPS) is 15.0. The van der Waals surface area contributed by atoms with Gasteiger partial charge in [-0.3, -0.25) is 4.57 Å². The number of para-hydroxylation sites is 4. The predicted octanol–water partition coefficient (Wildman–Crippen LogP) is 14.7. The van der Waals surface area contributed by atoms with Crippen LogP contribution in [0.25, 0.3) is 72.3 Å². The molecule has 0 spiro atoms. The largest absolute Gasteiger partial charge is 0.510 e. The van der Waals surface area contributed by atoms with Gasteiger partial charge >= 0.3 is 0 Å². The molecule has 5 nitrogen and oxygen atoms in total. The zero-order chi connectivity index (χ0) is 56.4. The molecule has 0 atom stereocenters. The third-order valence-electron chi connectivity index (χ3n) is 11.3. The van der Waals surface area contributed by atoms with Crippen LogP contribution in [0.1, 0.15) is 89.9 Å². The third kappa shape index (κ3) is 8.54. The second-order valence-electron chi connectivity index (χ2n) is 18.5. The SMILES string of the molecule is [2H]c1c([2H])c([2H])c(-c2cccc(-c3cc(C(C)(C)C)cc(C(C)(C)C)c3)c2-[n+]2[c-]n(-c3[c-]c(Oc4[c-]c5c(c([2H])c4[2H])c4c([2H])c([2H])c([2H])c([2H])c4n5-c4cc(C([2H])([2H])C(C)C)ccn4)ccc3)c3ccccc32)c([2H])c1[2H].[Pt]. The van der Waals surface area contributed by atoms with E-state index in [0.29, 0.717) is 33.5 Å². The van der Waals surface area contributed by atoms with Crippen molar-refractivity contribution in [3.63, 3.8) is 0 Å². The summed E-state index contributed by atoms with van der Waals surface area (Å²) in [6.07, 6.45) is 3.15. The zero-order valence-corrected chi connectivity index (χ0v) is 40.1. The van der Waals surface area contributed by atoms with E-state index >= 15 is 0 Å². The minimum atomic E-state index is -1.81. The Kier molecular flexibility index (Phi) is 8.41. The molecular formula is C60H54N4OPt-2. The summed E-state index contributed by atoms with van der Waals surface area (Å²) in [6, 6.07) is 29.3. The fraction of sp³-hybridized carbons (Fsp3) is 0.200. The monoisotopic (exact) mass is 1050 g/mol. The average molecular weight is 1060 g/mol. The van der Waals surface area contributed by atoms with Crippen LogP contribution in [0.4, 0.5) is 0 Å². The van der Waals surface area contributed by atoms with Gasteiger partial charge < -0.3 is 13.9 Å². The molecule has 0 N–H and O–H groups in total. The maximum Gasteiger partial charge on any atom is 0.268 e. The van der Waals surface area contributed by atoms with E-state index in [1.807, 2.05) is 41.0 Å². The second kappa shape index (κ2) is 17.7. The van der Waals surface area contributed by atoms with Crippen molar-refractivity contribution < 1.29 is 48.2 Å². The Labute approximate surface area is 421 Å². The quantitative estimate of drug-likeness (QED) is 0.107. The Bertz CT molecular complexity index is 4080. The number of nitrogens with zero attached hydrogens (tertiary/aromatic N) is 4. The van der Waals surface area contributed by atoms with Gasteiger partial charge in [0.1, 0.15) is 5.82 Å². The summed E-state index contributed by atoms with van der Waals surface area (Å²) in [7, 11) is 0. The van der Waals surface area contributed by atoms with Gasteiger partial charge in [0.25, 0.3) is 6.33 Å². The molecule has 0 bridgehead atoms. The van der Waals surface area contributed by atoms with Gasteiger partial charge in [-0.25, -0.2) is 4.98 Å². The Hall–Kier alpha value is -6.55. The van der Waals surface area contributed by atoms with Crippen LogP contribution in [0.5, 0.6) is 11.5 Å². The number of fused-ring (bicyclic) bond motifs is 4. The van der Waals surface area contributed by atoms with Crippen molar-refractivity contribution >= 4 is 32.8 Å². The number of pyridine rings is 1. The van der Waals surface area contributed by atoms with Crippen molar-refractivity contribution in [2.45, 2.75) is 72.6 Å². The maximum atomic E-state index is 9.39. The summed E-state index contributed by atoms with van der Waals surface area (Å²) in [4.78, 5) is 4.55. The van der Waals surface area contributed by atoms with E-state index in [-0.39, 0.29) is 94.2 Å². The van der Waals surface area contributed by atoms with E-state index in [4.69, 9.17) is 17.1 Å². The number of benzene rings is 7. The molecule has 10 aromatic rings. The fourth-order valence-electron chi connectivity index (χ4n) is 8.13. The molecule has 3 aromatic heterocycles. The molecule has 0 aliphatic rings. The van der Waals surface area contributed by atoms with Gasteiger partial charge in [-0.1, -0.05) is 170 Å². The molecule has 66 heavy (non-hydrogen) atoms. The molecule has 0 fully saturated rings. The number of ether oxygens (including phenoxy) is 1. The number of rotatable bonds is 9. The van der Waals surface area contributed by atoms with E-state index in [1.54, 1.807) is 48.7 Å². The van der Waals surface area contributed by atoms with Crippen molar-refractivity contribution in [2.24, 2.45) is 5.92 Å². The van der Waals surface area contributed by atoms with E-state index in [9.17, 15) is 5.48 Å². The third-order valence-corrected chi connectivity index (χ3v) is 11.3. The van der Waals surface area contributed by atoms with Gasteiger partial charge in [0, 0.05) is 48.4 Å². The molecule has 0 aliphatic carbocycles. The second-order valence-corrected chi connectivity index (χ2v) is 18.5. The summed E-state index contributed by atoms with van der Waals surface area (Å²) in [6.45, 7) is 16.4. The van der Waals surface area contributed by atoms with Crippen LogP contribution in [0.3, 0.4) is 0 Å². The molecule has 0 amide bonds. The van der Waals surface area contributed by atoms with Crippen LogP contribution in [-0.4, -0.2) is 14.1 Å². The first-order chi connectivity index (χ1) is 36.6. The zero-order valence-electron chi connectivity index (χ0n) is 50.8. The minimum absolute atomic E-state index is 0. The van der Waals surface area contributed by atoms with Crippen molar-refractivity contribution in [1.29, 1.82) is 0 Å². The molecule has 332 valence electrons. The first-order valence-electron chi connectivity index (χ1n) is 28.1. The summed E-state index contributed by atoms with van der Waals surface area (Å²) in [5.74, 6) is -0.469. The van der Waals surface area contributed by atoms with Gasteiger partial charge in [0.05, 0.1) is 29.1 Å². The fourth-order valence-corrected chi connectivity index (χ4v) is 8.13. The number of imidazole rings is 1. The van der Waals surface area contributed by atoms with Crippen molar-refractivity contribution in [3.8, 4) is 50.9 Å². The van der Waals surface area contributed by atoms with Gasteiger partial charge in [-0.05, 0) is 92.7 Å². The van der Waals surface area contributed by atoms with Crippen LogP contribution in [0.2, 0.25) is 0 Å². The molecular weight excluding hydrogens is 988 g/mol. The van der Waals surface area contributed by atoms with Crippen molar-refractivity contribution in [1.82, 2.24) is 14.1 Å². The topological polar surface area (TPSA) is 35.9 Å². The van der Waals surface area contributed by atoms with Crippen LogP contribution in [0.15, 0.2) is 164 Å². The summed E-state index contributed by atoms with van der Waals surface area (Å²) in [5.41, 5.74) is 6.14. The molecule has 3 heterocycles. The number of hydrogen-bond acceptors (Lipinski definition) is 2.